The van der Waals surface area contributed by atoms with E-state index >= 15 is 0 Å². The van der Waals surface area contributed by atoms with Gasteiger partial charge in [-0.15, -0.1) is 11.3 Å². The van der Waals surface area contributed by atoms with Crippen LogP contribution in [-0.4, -0.2) is 5.11 Å². The summed E-state index contributed by atoms with van der Waals surface area (Å²) in [6.07, 6.45) is 0. The lowest BCUT2D eigenvalue weighted by Gasteiger charge is -2.03. The third-order valence-corrected chi connectivity index (χ3v) is 3.78. The molecule has 0 radical (unpaired) electrons. The van der Waals surface area contributed by atoms with E-state index in [0.29, 0.717) is 6.61 Å². The van der Waals surface area contributed by atoms with E-state index in [9.17, 15) is 5.11 Å². The molecule has 2 nitrogen and oxygen atoms in total. The van der Waals surface area contributed by atoms with E-state index in [1.807, 2.05) is 12.1 Å². The largest absolute Gasteiger partial charge is 0.508 e. The van der Waals surface area contributed by atoms with Crippen LogP contribution < -0.4 is 4.74 Å². The van der Waals surface area contributed by atoms with E-state index < -0.39 is 0 Å². The number of fused-ring (bicyclic) bond motifs is 1. The molecule has 0 atom stereocenters. The number of rotatable bonds is 3. The first kappa shape index (κ1) is 11.1. The van der Waals surface area contributed by atoms with E-state index in [0.717, 1.165) is 5.75 Å². The number of phenols is 1. The Kier molecular flexibility index (Phi) is 2.90. The minimum absolute atomic E-state index is 0.254. The number of phenolic OH excluding ortho intramolecular Hbond substituents is 1. The number of hydrogen-bond donors (Lipinski definition) is 1. The zero-order valence-corrected chi connectivity index (χ0v) is 10.5. The summed E-state index contributed by atoms with van der Waals surface area (Å²) in [6, 6.07) is 17.2. The van der Waals surface area contributed by atoms with Crippen LogP contribution in [0.3, 0.4) is 0 Å². The van der Waals surface area contributed by atoms with Crippen molar-refractivity contribution >= 4 is 21.4 Å². The molecule has 0 spiro atoms. The van der Waals surface area contributed by atoms with Gasteiger partial charge in [-0.05, 0) is 41.8 Å². The monoisotopic (exact) mass is 256 g/mol. The van der Waals surface area contributed by atoms with Gasteiger partial charge in [0.1, 0.15) is 18.1 Å². The Labute approximate surface area is 109 Å². The summed E-state index contributed by atoms with van der Waals surface area (Å²) in [5, 5.41) is 10.4. The van der Waals surface area contributed by atoms with Gasteiger partial charge in [-0.1, -0.05) is 18.2 Å². The predicted octanol–water partition coefficient (Wildman–Crippen LogP) is 4.19. The second-order valence-electron chi connectivity index (χ2n) is 4.03. The van der Waals surface area contributed by atoms with E-state index in [1.54, 1.807) is 35.6 Å². The third-order valence-electron chi connectivity index (χ3n) is 2.69. The Hall–Kier alpha value is -2.00. The zero-order chi connectivity index (χ0) is 12.4. The number of thiophene rings is 1. The second kappa shape index (κ2) is 4.70. The SMILES string of the molecule is Oc1ccc(OCc2cc3ccccc3s2)cc1. The Morgan fingerprint density at radius 1 is 1.00 bits per heavy atom. The molecule has 0 amide bonds. The maximum Gasteiger partial charge on any atom is 0.122 e. The predicted molar refractivity (Wildman–Crippen MR) is 74.3 cm³/mol. The smallest absolute Gasteiger partial charge is 0.122 e. The van der Waals surface area contributed by atoms with Gasteiger partial charge in [0.05, 0.1) is 0 Å². The molecule has 0 aliphatic carbocycles. The van der Waals surface area contributed by atoms with Gasteiger partial charge >= 0.3 is 0 Å². The molecule has 0 saturated heterocycles. The average Bonchev–Trinajstić information content (AvgIpc) is 2.81. The van der Waals surface area contributed by atoms with Crippen LogP contribution in [0.5, 0.6) is 11.5 Å². The van der Waals surface area contributed by atoms with Crippen LogP contribution in [0.25, 0.3) is 10.1 Å². The van der Waals surface area contributed by atoms with Gasteiger partial charge in [0.2, 0.25) is 0 Å². The topological polar surface area (TPSA) is 29.5 Å². The highest BCUT2D eigenvalue weighted by molar-refractivity contribution is 7.19. The molecule has 1 N–H and O–H groups in total. The fourth-order valence-corrected chi connectivity index (χ4v) is 2.78. The lowest BCUT2D eigenvalue weighted by atomic mass is 10.2. The summed E-state index contributed by atoms with van der Waals surface area (Å²) in [4.78, 5) is 1.20. The van der Waals surface area contributed by atoms with Crippen molar-refractivity contribution in [1.29, 1.82) is 0 Å². The molecule has 3 aromatic rings. The fraction of sp³-hybridized carbons (Fsp3) is 0.0667. The lowest BCUT2D eigenvalue weighted by Crippen LogP contribution is -1.91. The highest BCUT2D eigenvalue weighted by atomic mass is 32.1. The van der Waals surface area contributed by atoms with Crippen molar-refractivity contribution in [1.82, 2.24) is 0 Å². The van der Waals surface area contributed by atoms with Crippen molar-refractivity contribution in [2.75, 3.05) is 0 Å². The standard InChI is InChI=1S/C15H12O2S/c16-12-5-7-13(8-6-12)17-10-14-9-11-3-1-2-4-15(11)18-14/h1-9,16H,10H2. The van der Waals surface area contributed by atoms with Gasteiger partial charge in [-0.3, -0.25) is 0 Å². The first-order valence-corrected chi connectivity index (χ1v) is 6.52. The number of ether oxygens (including phenoxy) is 1. The first-order valence-electron chi connectivity index (χ1n) is 5.70. The van der Waals surface area contributed by atoms with Crippen molar-refractivity contribution in [3.8, 4) is 11.5 Å². The number of benzene rings is 2. The molecule has 18 heavy (non-hydrogen) atoms. The van der Waals surface area contributed by atoms with Crippen molar-refractivity contribution in [3.05, 3.63) is 59.5 Å². The van der Waals surface area contributed by atoms with Gasteiger partial charge in [-0.25, -0.2) is 0 Å². The number of aromatic hydroxyl groups is 1. The molecule has 2 aromatic carbocycles. The Bertz CT molecular complexity index is 623. The van der Waals surface area contributed by atoms with Crippen molar-refractivity contribution in [2.24, 2.45) is 0 Å². The summed E-state index contributed by atoms with van der Waals surface area (Å²) in [5.74, 6) is 1.02. The van der Waals surface area contributed by atoms with Gasteiger partial charge in [-0.2, -0.15) is 0 Å². The molecule has 1 aromatic heterocycles. The zero-order valence-electron chi connectivity index (χ0n) is 9.67. The van der Waals surface area contributed by atoms with Crippen LogP contribution in [0.2, 0.25) is 0 Å². The van der Waals surface area contributed by atoms with Gasteiger partial charge < -0.3 is 9.84 Å². The summed E-state index contributed by atoms with van der Waals surface area (Å²) in [7, 11) is 0. The van der Waals surface area contributed by atoms with Gasteiger partial charge in [0.15, 0.2) is 0 Å². The maximum absolute atomic E-state index is 9.18. The molecule has 0 aliphatic heterocycles. The van der Waals surface area contributed by atoms with Crippen LogP contribution in [0.15, 0.2) is 54.6 Å². The normalized spacial score (nSPS) is 10.7. The number of hydrogen-bond acceptors (Lipinski definition) is 3. The Morgan fingerprint density at radius 2 is 1.78 bits per heavy atom. The van der Waals surface area contributed by atoms with E-state index in [2.05, 4.69) is 18.2 Å². The molecule has 0 aliphatic rings. The fourth-order valence-electron chi connectivity index (χ4n) is 1.80. The van der Waals surface area contributed by atoms with E-state index in [1.165, 1.54) is 15.0 Å². The molecular formula is C15H12O2S. The molecule has 1 heterocycles. The molecule has 90 valence electrons. The molecule has 0 unspecified atom stereocenters. The minimum atomic E-state index is 0.254. The van der Waals surface area contributed by atoms with Crippen LogP contribution in [0.4, 0.5) is 0 Å². The lowest BCUT2D eigenvalue weighted by molar-refractivity contribution is 0.309. The minimum Gasteiger partial charge on any atom is -0.508 e. The maximum atomic E-state index is 9.18. The molecule has 3 rings (SSSR count). The van der Waals surface area contributed by atoms with Crippen molar-refractivity contribution in [3.63, 3.8) is 0 Å². The second-order valence-corrected chi connectivity index (χ2v) is 5.20. The third kappa shape index (κ3) is 2.31. The quantitative estimate of drug-likeness (QED) is 0.761. The van der Waals surface area contributed by atoms with Crippen LogP contribution in [0.1, 0.15) is 4.88 Å². The highest BCUT2D eigenvalue weighted by Gasteiger charge is 2.02. The van der Waals surface area contributed by atoms with Crippen molar-refractivity contribution < 1.29 is 9.84 Å². The van der Waals surface area contributed by atoms with Crippen LogP contribution >= 0.6 is 11.3 Å². The van der Waals surface area contributed by atoms with Gasteiger partial charge in [0, 0.05) is 9.58 Å². The van der Waals surface area contributed by atoms with E-state index in [-0.39, 0.29) is 5.75 Å². The molecule has 3 heteroatoms. The Balaban J connectivity index is 1.74. The molecule has 0 saturated carbocycles. The summed E-state index contributed by atoms with van der Waals surface area (Å²) < 4.78 is 6.96. The van der Waals surface area contributed by atoms with Gasteiger partial charge in [0.25, 0.3) is 0 Å². The summed E-state index contributed by atoms with van der Waals surface area (Å²) in [5.41, 5.74) is 0. The molecular weight excluding hydrogens is 244 g/mol. The van der Waals surface area contributed by atoms with Crippen molar-refractivity contribution in [2.45, 2.75) is 6.61 Å². The molecule has 0 fully saturated rings. The van der Waals surface area contributed by atoms with Crippen LogP contribution in [-0.2, 0) is 6.61 Å². The summed E-state index contributed by atoms with van der Waals surface area (Å²) in [6.45, 7) is 0.560. The van der Waals surface area contributed by atoms with Crippen LogP contribution in [0, 0.1) is 0 Å². The summed E-state index contributed by atoms with van der Waals surface area (Å²) >= 11 is 1.75. The highest BCUT2D eigenvalue weighted by Crippen LogP contribution is 2.26. The molecule has 0 bridgehead atoms. The average molecular weight is 256 g/mol. The first-order chi connectivity index (χ1) is 8.81. The van der Waals surface area contributed by atoms with E-state index in [4.69, 9.17) is 4.74 Å². The Morgan fingerprint density at radius 3 is 2.56 bits per heavy atom.